The van der Waals surface area contributed by atoms with Gasteiger partial charge in [-0.2, -0.15) is 0 Å². The van der Waals surface area contributed by atoms with Crippen molar-refractivity contribution in [3.63, 3.8) is 0 Å². The molecule has 0 spiro atoms. The van der Waals surface area contributed by atoms with Crippen LogP contribution >= 0.6 is 11.6 Å². The number of esters is 1. The van der Waals surface area contributed by atoms with Gasteiger partial charge in [0.1, 0.15) is 5.75 Å². The molecule has 1 aliphatic heterocycles. The molecule has 126 valence electrons. The van der Waals surface area contributed by atoms with E-state index < -0.39 is 5.97 Å². The molecule has 0 N–H and O–H groups in total. The maximum atomic E-state index is 12.1. The smallest absolute Gasteiger partial charge is 0.363 e. The lowest BCUT2D eigenvalue weighted by Crippen LogP contribution is -2.06. The number of methoxy groups -OCH3 is 1. The Balaban J connectivity index is 1.88. The van der Waals surface area contributed by atoms with Crippen LogP contribution in [0.1, 0.15) is 18.1 Å². The molecule has 0 saturated heterocycles. The standard InChI is InChI=1S/C20H16ClNO3/c1-13(10-14-6-4-3-5-7-14)11-18-20(23)25-19(22-18)16-9-8-15(24-2)12-17(16)21/h3-12H,1-2H3/b13-10+,18-11-. The summed E-state index contributed by atoms with van der Waals surface area (Å²) in [6.07, 6.45) is 3.66. The molecule has 0 unspecified atom stereocenters. The zero-order valence-corrected chi connectivity index (χ0v) is 14.6. The van der Waals surface area contributed by atoms with E-state index in [9.17, 15) is 4.79 Å². The number of nitrogens with zero attached hydrogens (tertiary/aromatic N) is 1. The van der Waals surface area contributed by atoms with Crippen molar-refractivity contribution < 1.29 is 14.3 Å². The van der Waals surface area contributed by atoms with E-state index in [4.69, 9.17) is 21.1 Å². The van der Waals surface area contributed by atoms with Gasteiger partial charge in [-0.05, 0) is 42.3 Å². The molecule has 3 rings (SSSR count). The number of benzene rings is 2. The van der Waals surface area contributed by atoms with Crippen molar-refractivity contribution in [1.82, 2.24) is 0 Å². The van der Waals surface area contributed by atoms with E-state index >= 15 is 0 Å². The number of hydrogen-bond acceptors (Lipinski definition) is 4. The maximum absolute atomic E-state index is 12.1. The molecule has 2 aromatic carbocycles. The fourth-order valence-electron chi connectivity index (χ4n) is 2.39. The van der Waals surface area contributed by atoms with Crippen LogP contribution in [0, 0.1) is 0 Å². The van der Waals surface area contributed by atoms with Crippen molar-refractivity contribution in [3.05, 3.63) is 82.0 Å². The molecule has 0 radical (unpaired) electrons. The van der Waals surface area contributed by atoms with Crippen molar-refractivity contribution in [2.45, 2.75) is 6.92 Å². The van der Waals surface area contributed by atoms with Crippen LogP contribution in [-0.4, -0.2) is 19.0 Å². The Morgan fingerprint density at radius 3 is 2.64 bits per heavy atom. The molecule has 0 atom stereocenters. The molecular formula is C20H16ClNO3. The zero-order valence-electron chi connectivity index (χ0n) is 13.8. The third kappa shape index (κ3) is 3.98. The number of hydrogen-bond donors (Lipinski definition) is 0. The molecule has 0 bridgehead atoms. The number of allylic oxidation sites excluding steroid dienone is 2. The second-order valence-electron chi connectivity index (χ2n) is 5.48. The van der Waals surface area contributed by atoms with Gasteiger partial charge in [-0.3, -0.25) is 0 Å². The third-order valence-corrected chi connectivity index (χ3v) is 3.90. The van der Waals surface area contributed by atoms with Crippen molar-refractivity contribution in [2.75, 3.05) is 7.11 Å². The average Bonchev–Trinajstić information content (AvgIpc) is 2.95. The summed E-state index contributed by atoms with van der Waals surface area (Å²) >= 11 is 6.21. The molecule has 4 nitrogen and oxygen atoms in total. The van der Waals surface area contributed by atoms with Crippen LogP contribution in [-0.2, 0) is 9.53 Å². The highest BCUT2D eigenvalue weighted by atomic mass is 35.5. The van der Waals surface area contributed by atoms with Crippen molar-refractivity contribution >= 4 is 29.5 Å². The largest absolute Gasteiger partial charge is 0.497 e. The molecule has 0 fully saturated rings. The lowest BCUT2D eigenvalue weighted by molar-refractivity contribution is -0.130. The highest BCUT2D eigenvalue weighted by Crippen LogP contribution is 2.26. The fourth-order valence-corrected chi connectivity index (χ4v) is 2.64. The monoisotopic (exact) mass is 353 g/mol. The summed E-state index contributed by atoms with van der Waals surface area (Å²) in [6.45, 7) is 1.90. The number of halogens is 1. The quantitative estimate of drug-likeness (QED) is 0.594. The maximum Gasteiger partial charge on any atom is 0.363 e. The van der Waals surface area contributed by atoms with Gasteiger partial charge in [0.15, 0.2) is 5.70 Å². The number of ether oxygens (including phenoxy) is 2. The average molecular weight is 354 g/mol. The van der Waals surface area contributed by atoms with E-state index in [0.717, 1.165) is 11.1 Å². The van der Waals surface area contributed by atoms with Gasteiger partial charge in [-0.1, -0.05) is 48.0 Å². The number of carbonyl (C=O) groups is 1. The summed E-state index contributed by atoms with van der Waals surface area (Å²) < 4.78 is 10.4. The molecule has 25 heavy (non-hydrogen) atoms. The minimum Gasteiger partial charge on any atom is -0.497 e. The molecular weight excluding hydrogens is 338 g/mol. The first kappa shape index (κ1) is 17.0. The predicted octanol–water partition coefficient (Wildman–Crippen LogP) is 4.64. The van der Waals surface area contributed by atoms with Gasteiger partial charge >= 0.3 is 5.97 Å². The van der Waals surface area contributed by atoms with Crippen molar-refractivity contribution in [2.24, 2.45) is 4.99 Å². The topological polar surface area (TPSA) is 47.9 Å². The molecule has 0 aromatic heterocycles. The normalized spacial score (nSPS) is 16.0. The SMILES string of the molecule is COc1ccc(C2=N/C(=C\C(C)=C\c3ccccc3)C(=O)O2)c(Cl)c1. The summed E-state index contributed by atoms with van der Waals surface area (Å²) in [6, 6.07) is 14.9. The van der Waals surface area contributed by atoms with Gasteiger partial charge in [0.05, 0.1) is 17.7 Å². The lowest BCUT2D eigenvalue weighted by atomic mass is 10.1. The second kappa shape index (κ2) is 7.36. The van der Waals surface area contributed by atoms with Crippen LogP contribution in [0.15, 0.2) is 70.9 Å². The second-order valence-corrected chi connectivity index (χ2v) is 5.89. The first-order chi connectivity index (χ1) is 12.1. The number of rotatable bonds is 4. The Bertz CT molecular complexity index is 898. The lowest BCUT2D eigenvalue weighted by Gasteiger charge is -2.05. The van der Waals surface area contributed by atoms with E-state index in [-0.39, 0.29) is 11.6 Å². The van der Waals surface area contributed by atoms with Crippen LogP contribution in [0.2, 0.25) is 5.02 Å². The molecule has 0 amide bonds. The number of aliphatic imine (C=N–C) groups is 1. The van der Waals surface area contributed by atoms with Gasteiger partial charge in [-0.15, -0.1) is 0 Å². The molecule has 1 heterocycles. The summed E-state index contributed by atoms with van der Waals surface area (Å²) in [5.74, 6) is 0.315. The fraction of sp³-hybridized carbons (Fsp3) is 0.100. The van der Waals surface area contributed by atoms with Crippen LogP contribution in [0.3, 0.4) is 0 Å². The molecule has 5 heteroatoms. The third-order valence-electron chi connectivity index (χ3n) is 3.59. The van der Waals surface area contributed by atoms with E-state index in [1.165, 1.54) is 0 Å². The Morgan fingerprint density at radius 1 is 1.20 bits per heavy atom. The van der Waals surface area contributed by atoms with Crippen molar-refractivity contribution in [3.8, 4) is 5.75 Å². The molecule has 0 aliphatic carbocycles. The minimum atomic E-state index is -0.498. The van der Waals surface area contributed by atoms with Gasteiger partial charge in [0.2, 0.25) is 5.90 Å². The zero-order chi connectivity index (χ0) is 17.8. The van der Waals surface area contributed by atoms with Gasteiger partial charge in [0, 0.05) is 0 Å². The highest BCUT2D eigenvalue weighted by Gasteiger charge is 2.25. The Labute approximate surface area is 151 Å². The number of cyclic esters (lactones) is 1. The Hall–Kier alpha value is -2.85. The summed E-state index contributed by atoms with van der Waals surface area (Å²) in [5.41, 5.74) is 2.73. The Morgan fingerprint density at radius 2 is 1.96 bits per heavy atom. The van der Waals surface area contributed by atoms with Crippen LogP contribution in [0.25, 0.3) is 6.08 Å². The molecule has 2 aromatic rings. The first-order valence-corrected chi connectivity index (χ1v) is 8.04. The predicted molar refractivity (Wildman–Crippen MR) is 98.8 cm³/mol. The van der Waals surface area contributed by atoms with Crippen LogP contribution < -0.4 is 4.74 Å². The summed E-state index contributed by atoms with van der Waals surface area (Å²) in [7, 11) is 1.56. The Kier molecular flexibility index (Phi) is 5.00. The van der Waals surface area contributed by atoms with E-state index in [2.05, 4.69) is 4.99 Å². The summed E-state index contributed by atoms with van der Waals surface area (Å²) in [4.78, 5) is 16.4. The van der Waals surface area contributed by atoms with Crippen LogP contribution in [0.4, 0.5) is 0 Å². The van der Waals surface area contributed by atoms with Gasteiger partial charge in [-0.25, -0.2) is 9.79 Å². The van der Waals surface area contributed by atoms with E-state index in [0.29, 0.717) is 16.3 Å². The highest BCUT2D eigenvalue weighted by molar-refractivity contribution is 6.34. The van der Waals surface area contributed by atoms with Crippen molar-refractivity contribution in [1.29, 1.82) is 0 Å². The van der Waals surface area contributed by atoms with Gasteiger partial charge in [0.25, 0.3) is 0 Å². The van der Waals surface area contributed by atoms with E-state index in [1.807, 2.05) is 43.3 Å². The summed E-state index contributed by atoms with van der Waals surface area (Å²) in [5, 5.41) is 0.406. The van der Waals surface area contributed by atoms with Gasteiger partial charge < -0.3 is 9.47 Å². The first-order valence-electron chi connectivity index (χ1n) is 7.66. The number of carbonyl (C=O) groups excluding carboxylic acids is 1. The van der Waals surface area contributed by atoms with E-state index in [1.54, 1.807) is 31.4 Å². The minimum absolute atomic E-state index is 0.191. The molecule has 0 saturated carbocycles. The molecule has 1 aliphatic rings. The van der Waals surface area contributed by atoms with Crippen LogP contribution in [0.5, 0.6) is 5.75 Å².